The first-order valence-corrected chi connectivity index (χ1v) is 5.43. The van der Waals surface area contributed by atoms with Gasteiger partial charge in [0.05, 0.1) is 23.8 Å². The quantitative estimate of drug-likeness (QED) is 0.856. The SMILES string of the molecule is CC(C)(C)c1nc(CC(=O)O)c2cnccn12. The predicted molar refractivity (Wildman–Crippen MR) is 63.0 cm³/mol. The average Bonchev–Trinajstić information content (AvgIpc) is 2.56. The number of hydrogen-bond donors (Lipinski definition) is 1. The smallest absolute Gasteiger partial charge is 0.309 e. The van der Waals surface area contributed by atoms with Crippen LogP contribution >= 0.6 is 0 Å². The Morgan fingerprint density at radius 1 is 1.47 bits per heavy atom. The molecule has 17 heavy (non-hydrogen) atoms. The summed E-state index contributed by atoms with van der Waals surface area (Å²) < 4.78 is 1.91. The van der Waals surface area contributed by atoms with Crippen molar-refractivity contribution >= 4 is 11.5 Å². The number of imidazole rings is 1. The van der Waals surface area contributed by atoms with Crippen LogP contribution in [-0.4, -0.2) is 25.4 Å². The van der Waals surface area contributed by atoms with Gasteiger partial charge in [-0.25, -0.2) is 4.98 Å². The van der Waals surface area contributed by atoms with Gasteiger partial charge >= 0.3 is 5.97 Å². The number of carboxylic acid groups (broad SMARTS) is 1. The van der Waals surface area contributed by atoms with Crippen LogP contribution in [0.4, 0.5) is 0 Å². The molecule has 0 radical (unpaired) electrons. The van der Waals surface area contributed by atoms with E-state index in [1.54, 1.807) is 12.4 Å². The van der Waals surface area contributed by atoms with Crippen molar-refractivity contribution in [3.63, 3.8) is 0 Å². The molecule has 0 atom stereocenters. The van der Waals surface area contributed by atoms with E-state index in [1.165, 1.54) is 0 Å². The minimum Gasteiger partial charge on any atom is -0.481 e. The zero-order chi connectivity index (χ0) is 12.6. The molecule has 5 heteroatoms. The lowest BCUT2D eigenvalue weighted by molar-refractivity contribution is -0.136. The monoisotopic (exact) mass is 233 g/mol. The fourth-order valence-electron chi connectivity index (χ4n) is 1.80. The van der Waals surface area contributed by atoms with Crippen molar-refractivity contribution in [2.75, 3.05) is 0 Å². The number of nitrogens with zero attached hydrogens (tertiary/aromatic N) is 3. The van der Waals surface area contributed by atoms with Gasteiger partial charge in [0, 0.05) is 17.8 Å². The van der Waals surface area contributed by atoms with E-state index in [4.69, 9.17) is 5.11 Å². The van der Waals surface area contributed by atoms with E-state index in [0.717, 1.165) is 11.3 Å². The number of carboxylic acids is 1. The molecule has 0 fully saturated rings. The van der Waals surface area contributed by atoms with Gasteiger partial charge in [-0.1, -0.05) is 20.8 Å². The van der Waals surface area contributed by atoms with Gasteiger partial charge in [-0.3, -0.25) is 14.2 Å². The standard InChI is InChI=1S/C12H15N3O2/c1-12(2,3)11-14-8(6-10(16)17)9-7-13-4-5-15(9)11/h4-5,7H,6H2,1-3H3,(H,16,17). The van der Waals surface area contributed by atoms with Gasteiger partial charge in [-0.15, -0.1) is 0 Å². The van der Waals surface area contributed by atoms with Crippen LogP contribution in [0.5, 0.6) is 0 Å². The van der Waals surface area contributed by atoms with Crippen molar-refractivity contribution in [3.05, 3.63) is 30.1 Å². The summed E-state index contributed by atoms with van der Waals surface area (Å²) >= 11 is 0. The Morgan fingerprint density at radius 3 is 2.76 bits per heavy atom. The molecule has 2 aromatic heterocycles. The first kappa shape index (κ1) is 11.6. The van der Waals surface area contributed by atoms with Crippen molar-refractivity contribution in [2.24, 2.45) is 0 Å². The number of hydrogen-bond acceptors (Lipinski definition) is 3. The maximum Gasteiger partial charge on any atom is 0.309 e. The van der Waals surface area contributed by atoms with E-state index in [0.29, 0.717) is 5.69 Å². The van der Waals surface area contributed by atoms with Gasteiger partial charge in [0.2, 0.25) is 0 Å². The third kappa shape index (κ3) is 2.13. The molecule has 5 nitrogen and oxygen atoms in total. The lowest BCUT2D eigenvalue weighted by Crippen LogP contribution is -2.15. The summed E-state index contributed by atoms with van der Waals surface area (Å²) in [6.07, 6.45) is 5.06. The normalized spacial score (nSPS) is 11.9. The number of fused-ring (bicyclic) bond motifs is 1. The summed E-state index contributed by atoms with van der Waals surface area (Å²) in [5.41, 5.74) is 1.19. The predicted octanol–water partition coefficient (Wildman–Crippen LogP) is 1.65. The van der Waals surface area contributed by atoms with Gasteiger partial charge in [0.1, 0.15) is 5.82 Å². The van der Waals surface area contributed by atoms with Crippen LogP contribution in [0.3, 0.4) is 0 Å². The fourth-order valence-corrected chi connectivity index (χ4v) is 1.80. The van der Waals surface area contributed by atoms with E-state index < -0.39 is 5.97 Å². The Balaban J connectivity index is 2.67. The zero-order valence-electron chi connectivity index (χ0n) is 10.1. The Morgan fingerprint density at radius 2 is 2.18 bits per heavy atom. The van der Waals surface area contributed by atoms with Gasteiger partial charge in [-0.05, 0) is 0 Å². The van der Waals surface area contributed by atoms with Crippen LogP contribution < -0.4 is 0 Å². The number of aliphatic carboxylic acids is 1. The van der Waals surface area contributed by atoms with Gasteiger partial charge in [-0.2, -0.15) is 0 Å². The second kappa shape index (κ2) is 3.84. The minimum absolute atomic E-state index is 0.0781. The topological polar surface area (TPSA) is 67.5 Å². The van der Waals surface area contributed by atoms with Crippen LogP contribution in [0.1, 0.15) is 32.3 Å². The molecule has 0 aliphatic carbocycles. The van der Waals surface area contributed by atoms with Crippen molar-refractivity contribution in [3.8, 4) is 0 Å². The first-order chi connectivity index (χ1) is 7.89. The molecule has 0 aliphatic rings. The first-order valence-electron chi connectivity index (χ1n) is 5.43. The molecule has 0 bridgehead atoms. The van der Waals surface area contributed by atoms with Crippen molar-refractivity contribution in [1.82, 2.24) is 14.4 Å². The van der Waals surface area contributed by atoms with Crippen molar-refractivity contribution in [1.29, 1.82) is 0 Å². The highest BCUT2D eigenvalue weighted by molar-refractivity contribution is 5.73. The molecule has 2 rings (SSSR count). The number of aromatic nitrogens is 3. The Labute approximate surface area is 99.1 Å². The average molecular weight is 233 g/mol. The summed E-state index contributed by atoms with van der Waals surface area (Å²) in [4.78, 5) is 19.3. The van der Waals surface area contributed by atoms with Crippen molar-refractivity contribution < 1.29 is 9.90 Å². The Kier molecular flexibility index (Phi) is 2.61. The van der Waals surface area contributed by atoms with Crippen LogP contribution in [0.15, 0.2) is 18.6 Å². The van der Waals surface area contributed by atoms with Crippen LogP contribution in [0.25, 0.3) is 5.52 Å². The van der Waals surface area contributed by atoms with Gasteiger partial charge in [0.25, 0.3) is 0 Å². The van der Waals surface area contributed by atoms with Crippen LogP contribution in [0.2, 0.25) is 0 Å². The van der Waals surface area contributed by atoms with E-state index >= 15 is 0 Å². The maximum absolute atomic E-state index is 10.8. The fraction of sp³-hybridized carbons (Fsp3) is 0.417. The molecule has 90 valence electrons. The summed E-state index contributed by atoms with van der Waals surface area (Å²) in [5.74, 6) is -0.0273. The van der Waals surface area contributed by atoms with Crippen molar-refractivity contribution in [2.45, 2.75) is 32.6 Å². The molecule has 0 spiro atoms. The molecule has 1 N–H and O–H groups in total. The summed E-state index contributed by atoms with van der Waals surface area (Å²) in [6.45, 7) is 6.15. The Bertz CT molecular complexity index is 567. The lowest BCUT2D eigenvalue weighted by atomic mass is 9.96. The molecule has 0 aliphatic heterocycles. The third-order valence-corrected chi connectivity index (χ3v) is 2.51. The largest absolute Gasteiger partial charge is 0.481 e. The second-order valence-electron chi connectivity index (χ2n) is 5.03. The highest BCUT2D eigenvalue weighted by Crippen LogP contribution is 2.24. The number of carbonyl (C=O) groups is 1. The second-order valence-corrected chi connectivity index (χ2v) is 5.03. The molecule has 0 aromatic carbocycles. The van der Waals surface area contributed by atoms with Crippen LogP contribution in [-0.2, 0) is 16.6 Å². The molecule has 2 heterocycles. The molecule has 0 saturated carbocycles. The summed E-state index contributed by atoms with van der Waals surface area (Å²) in [6, 6.07) is 0. The van der Waals surface area contributed by atoms with E-state index in [9.17, 15) is 4.79 Å². The molecule has 2 aromatic rings. The molecule has 0 amide bonds. The van der Waals surface area contributed by atoms with Gasteiger partial charge in [0.15, 0.2) is 0 Å². The Hall–Kier alpha value is -1.91. The number of rotatable bonds is 2. The molecular weight excluding hydrogens is 218 g/mol. The highest BCUT2D eigenvalue weighted by Gasteiger charge is 2.23. The van der Waals surface area contributed by atoms with E-state index in [-0.39, 0.29) is 11.8 Å². The molecule has 0 saturated heterocycles. The maximum atomic E-state index is 10.8. The molecular formula is C12H15N3O2. The lowest BCUT2D eigenvalue weighted by Gasteiger charge is -2.16. The van der Waals surface area contributed by atoms with E-state index in [2.05, 4.69) is 9.97 Å². The highest BCUT2D eigenvalue weighted by atomic mass is 16.4. The molecule has 0 unspecified atom stereocenters. The third-order valence-electron chi connectivity index (χ3n) is 2.51. The summed E-state index contributed by atoms with van der Waals surface area (Å²) in [5, 5.41) is 8.87. The van der Waals surface area contributed by atoms with E-state index in [1.807, 2.05) is 31.4 Å². The minimum atomic E-state index is -0.880. The van der Waals surface area contributed by atoms with Gasteiger partial charge < -0.3 is 5.11 Å². The zero-order valence-corrected chi connectivity index (χ0v) is 10.1. The summed E-state index contributed by atoms with van der Waals surface area (Å²) in [7, 11) is 0. The van der Waals surface area contributed by atoms with Crippen LogP contribution in [0, 0.1) is 0 Å².